The third kappa shape index (κ3) is 7.50. The van der Waals surface area contributed by atoms with E-state index in [1.807, 2.05) is 62.4 Å². The second-order valence-electron chi connectivity index (χ2n) is 12.2. The van der Waals surface area contributed by atoms with E-state index in [2.05, 4.69) is 10.6 Å². The molecule has 0 unspecified atom stereocenters. The van der Waals surface area contributed by atoms with Gasteiger partial charge in [0, 0.05) is 44.3 Å². The summed E-state index contributed by atoms with van der Waals surface area (Å²) in [5.41, 5.74) is 8.50. The maximum atomic E-state index is 12.1. The number of anilines is 4. The Morgan fingerprint density at radius 1 is 0.551 bits per heavy atom. The zero-order valence-electron chi connectivity index (χ0n) is 27.7. The van der Waals surface area contributed by atoms with E-state index in [1.165, 1.54) is 0 Å². The van der Waals surface area contributed by atoms with Crippen LogP contribution in [0.15, 0.2) is 88.7 Å². The van der Waals surface area contributed by atoms with Crippen LogP contribution in [-0.2, 0) is 20.2 Å². The van der Waals surface area contributed by atoms with E-state index in [-0.39, 0.29) is 15.7 Å². The van der Waals surface area contributed by atoms with Gasteiger partial charge in [-0.2, -0.15) is 16.8 Å². The first kappa shape index (κ1) is 36.4. The molecule has 0 fully saturated rings. The molecule has 0 aliphatic carbocycles. The monoisotopic (exact) mass is 738 g/mol. The fourth-order valence-electron chi connectivity index (χ4n) is 6.63. The maximum Gasteiger partial charge on any atom is 0.295 e. The van der Waals surface area contributed by atoms with Gasteiger partial charge in [0.25, 0.3) is 20.2 Å². The molecule has 0 aromatic heterocycles. The Hall–Kier alpha value is -3.90. The Balaban J connectivity index is 1.52. The maximum absolute atomic E-state index is 12.1. The van der Waals surface area contributed by atoms with Crippen molar-refractivity contribution >= 4 is 66.2 Å². The molecule has 0 aliphatic heterocycles. The average Bonchev–Trinajstić information content (AvgIpc) is 2.98. The van der Waals surface area contributed by atoms with Gasteiger partial charge in [-0.25, -0.2) is 0 Å². The summed E-state index contributed by atoms with van der Waals surface area (Å²) < 4.78 is 68.1. The molecule has 0 amide bonds. The smallest absolute Gasteiger partial charge is 0.295 e. The zero-order valence-corrected chi connectivity index (χ0v) is 30.8. The van der Waals surface area contributed by atoms with E-state index in [1.54, 1.807) is 58.0 Å². The van der Waals surface area contributed by atoms with Crippen molar-refractivity contribution in [2.75, 3.05) is 10.6 Å². The predicted molar refractivity (Wildman–Crippen MR) is 198 cm³/mol. The highest BCUT2D eigenvalue weighted by atomic mass is 35.5. The van der Waals surface area contributed by atoms with E-state index in [9.17, 15) is 25.9 Å². The van der Waals surface area contributed by atoms with Gasteiger partial charge >= 0.3 is 0 Å². The first-order chi connectivity index (χ1) is 22.9. The molecular weight excluding hydrogens is 703 g/mol. The van der Waals surface area contributed by atoms with Crippen LogP contribution >= 0.6 is 23.2 Å². The summed E-state index contributed by atoms with van der Waals surface area (Å²) in [6, 6.07) is 24.1. The Morgan fingerprint density at radius 2 is 0.898 bits per heavy atom. The highest BCUT2D eigenvalue weighted by Crippen LogP contribution is 2.42. The molecule has 12 heteroatoms. The first-order valence-electron chi connectivity index (χ1n) is 15.2. The number of hydrogen-bond donors (Lipinski definition) is 4. The second-order valence-corrected chi connectivity index (χ2v) is 15.7. The minimum Gasteiger partial charge on any atom is -0.355 e. The molecule has 0 saturated carbocycles. The summed E-state index contributed by atoms with van der Waals surface area (Å²) in [6.45, 7) is 10.3. The summed E-state index contributed by atoms with van der Waals surface area (Å²) in [5.74, 6) is -0.368. The van der Waals surface area contributed by atoms with Crippen molar-refractivity contribution in [3.63, 3.8) is 0 Å². The van der Waals surface area contributed by atoms with Gasteiger partial charge in [0.1, 0.15) is 9.79 Å². The van der Waals surface area contributed by atoms with Crippen LogP contribution in [0.3, 0.4) is 0 Å². The van der Waals surface area contributed by atoms with Gasteiger partial charge in [-0.05, 0) is 122 Å². The predicted octanol–water partition coefficient (Wildman–Crippen LogP) is 10.0. The average molecular weight is 740 g/mol. The lowest BCUT2D eigenvalue weighted by Crippen LogP contribution is -2.08. The number of nitrogens with one attached hydrogen (secondary N) is 2. The summed E-state index contributed by atoms with van der Waals surface area (Å²) >= 11 is 13.5. The van der Waals surface area contributed by atoms with Crippen molar-refractivity contribution in [3.8, 4) is 0 Å². The minimum atomic E-state index is -4.42. The molecule has 0 heterocycles. The normalized spacial score (nSPS) is 12.0. The van der Waals surface area contributed by atoms with E-state index in [4.69, 9.17) is 23.2 Å². The van der Waals surface area contributed by atoms with Crippen molar-refractivity contribution in [3.05, 3.63) is 139 Å². The molecule has 8 nitrogen and oxygen atoms in total. The highest BCUT2D eigenvalue weighted by molar-refractivity contribution is 7.86. The van der Waals surface area contributed by atoms with Crippen molar-refractivity contribution in [1.82, 2.24) is 0 Å². The van der Waals surface area contributed by atoms with Crippen LogP contribution in [0.1, 0.15) is 56.0 Å². The summed E-state index contributed by atoms with van der Waals surface area (Å²) in [6.07, 6.45) is 0. The third-order valence-electron chi connectivity index (χ3n) is 8.63. The Morgan fingerprint density at radius 3 is 1.22 bits per heavy atom. The minimum absolute atomic E-state index is 0.116. The van der Waals surface area contributed by atoms with Gasteiger partial charge in [-0.15, -0.1) is 0 Å². The van der Waals surface area contributed by atoms with E-state index in [0.717, 1.165) is 27.8 Å². The third-order valence-corrected chi connectivity index (χ3v) is 11.6. The fourth-order valence-corrected chi connectivity index (χ4v) is 9.16. The van der Waals surface area contributed by atoms with Crippen LogP contribution in [0.2, 0.25) is 10.0 Å². The Labute approximate surface area is 297 Å². The van der Waals surface area contributed by atoms with Crippen LogP contribution < -0.4 is 10.6 Å². The number of hydrogen-bond acceptors (Lipinski definition) is 6. The van der Waals surface area contributed by atoms with Gasteiger partial charge in [-0.3, -0.25) is 9.11 Å². The largest absolute Gasteiger partial charge is 0.355 e. The molecule has 5 aromatic carbocycles. The van der Waals surface area contributed by atoms with E-state index >= 15 is 0 Å². The quantitative estimate of drug-likeness (QED) is 0.0868. The summed E-state index contributed by atoms with van der Waals surface area (Å²) in [7, 11) is -8.84. The molecule has 5 rings (SSSR count). The molecule has 0 bridgehead atoms. The molecule has 4 N–H and O–H groups in total. The highest BCUT2D eigenvalue weighted by Gasteiger charge is 2.25. The first-order valence-corrected chi connectivity index (χ1v) is 18.9. The summed E-state index contributed by atoms with van der Waals surface area (Å²) in [4.78, 5) is -0.231. The Kier molecular flexibility index (Phi) is 10.2. The summed E-state index contributed by atoms with van der Waals surface area (Å²) in [5, 5.41) is 7.62. The fraction of sp³-hybridized carbons (Fsp3) is 0.189. The Bertz CT molecular complexity index is 2150. The zero-order chi connectivity index (χ0) is 36.0. The van der Waals surface area contributed by atoms with Crippen LogP contribution in [-0.4, -0.2) is 25.9 Å². The van der Waals surface area contributed by atoms with Crippen molar-refractivity contribution < 1.29 is 25.9 Å². The van der Waals surface area contributed by atoms with E-state index < -0.39 is 20.2 Å². The molecule has 0 saturated heterocycles. The molecule has 49 heavy (non-hydrogen) atoms. The van der Waals surface area contributed by atoms with Gasteiger partial charge in [0.05, 0.1) is 0 Å². The van der Waals surface area contributed by atoms with E-state index in [0.29, 0.717) is 55.0 Å². The molecule has 256 valence electrons. The number of rotatable bonds is 9. The van der Waals surface area contributed by atoms with Crippen molar-refractivity contribution in [2.24, 2.45) is 0 Å². The van der Waals surface area contributed by atoms with Crippen LogP contribution in [0.4, 0.5) is 22.7 Å². The van der Waals surface area contributed by atoms with Crippen LogP contribution in [0.5, 0.6) is 0 Å². The topological polar surface area (TPSA) is 133 Å². The lowest BCUT2D eigenvalue weighted by Gasteiger charge is -2.23. The standard InChI is InChI=1S/C37H36Cl2N2O6S2/c1-20-18-22(3)36(48(42,43)44)24(5)34(20)40-28-14-10-26(11-15-28)32(33-30(38)8-7-9-31(33)39)27-12-16-29(17-13-27)41-35-21(2)19-23(4)37(25(35)6)49(45,46)47/h7-19,32,40-41H,1-6H3,(H,42,43,44)(H,45,46,47). The molecular formula is C37H36Cl2N2O6S2. The van der Waals surface area contributed by atoms with Crippen molar-refractivity contribution in [2.45, 2.75) is 57.3 Å². The molecule has 0 aliphatic rings. The number of benzene rings is 5. The lowest BCUT2D eigenvalue weighted by molar-refractivity contribution is 0.479. The van der Waals surface area contributed by atoms with Gasteiger partial charge < -0.3 is 10.6 Å². The molecule has 0 spiro atoms. The second kappa shape index (κ2) is 13.8. The van der Waals surface area contributed by atoms with Crippen molar-refractivity contribution in [1.29, 1.82) is 0 Å². The number of halogens is 2. The molecule has 0 atom stereocenters. The molecule has 5 aromatic rings. The SMILES string of the molecule is Cc1cc(C)c(S(=O)(=O)O)c(C)c1Nc1ccc(C(c2ccc(Nc3c(C)cc(C)c(S(=O)(=O)O)c3C)cc2)c2c(Cl)cccc2Cl)cc1. The van der Waals surface area contributed by atoms with Gasteiger partial charge in [0.15, 0.2) is 0 Å². The number of aryl methyl sites for hydroxylation is 4. The van der Waals surface area contributed by atoms with Gasteiger partial charge in [-0.1, -0.05) is 65.7 Å². The van der Waals surface area contributed by atoms with Gasteiger partial charge in [0.2, 0.25) is 0 Å². The van der Waals surface area contributed by atoms with Crippen LogP contribution in [0, 0.1) is 41.5 Å². The van der Waals surface area contributed by atoms with Crippen LogP contribution in [0.25, 0.3) is 0 Å². The lowest BCUT2D eigenvalue weighted by atomic mass is 9.85. The molecule has 0 radical (unpaired) electrons.